The van der Waals surface area contributed by atoms with E-state index in [-0.39, 0.29) is 0 Å². The van der Waals surface area contributed by atoms with Crippen molar-refractivity contribution in [2.45, 2.75) is 57.9 Å². The van der Waals surface area contributed by atoms with Crippen LogP contribution < -0.4 is 5.32 Å². The third kappa shape index (κ3) is 3.21. The number of likely N-dealkylation sites (tertiary alicyclic amines) is 1. The van der Waals surface area contributed by atoms with Crippen LogP contribution in [0.4, 0.5) is 0 Å². The van der Waals surface area contributed by atoms with Crippen molar-refractivity contribution in [2.24, 2.45) is 5.92 Å². The standard InChI is InChI=1S/C14H28N2/c1-2-15-12-13-8-9-14(13)16-10-6-4-3-5-7-11-16/h13-15H,2-12H2,1H3. The smallest absolute Gasteiger partial charge is 0.0136 e. The van der Waals surface area contributed by atoms with Crippen molar-refractivity contribution >= 4 is 0 Å². The molecule has 0 amide bonds. The first-order chi connectivity index (χ1) is 7.92. The van der Waals surface area contributed by atoms with E-state index in [4.69, 9.17) is 0 Å². The zero-order valence-electron chi connectivity index (χ0n) is 10.9. The molecule has 1 saturated carbocycles. The SMILES string of the molecule is CCNCC1CCC1N1CCCCCCC1. The second-order valence-corrected chi connectivity index (χ2v) is 5.52. The highest BCUT2D eigenvalue weighted by Gasteiger charge is 2.34. The molecular weight excluding hydrogens is 196 g/mol. The molecule has 0 aromatic heterocycles. The van der Waals surface area contributed by atoms with Crippen molar-refractivity contribution in [3.63, 3.8) is 0 Å². The molecule has 0 aromatic rings. The predicted molar refractivity (Wildman–Crippen MR) is 69.7 cm³/mol. The van der Waals surface area contributed by atoms with Gasteiger partial charge in [-0.3, -0.25) is 0 Å². The van der Waals surface area contributed by atoms with Gasteiger partial charge in [0.1, 0.15) is 0 Å². The third-order valence-electron chi connectivity index (χ3n) is 4.39. The molecule has 2 heteroatoms. The fourth-order valence-corrected chi connectivity index (χ4v) is 3.20. The largest absolute Gasteiger partial charge is 0.317 e. The molecule has 0 bridgehead atoms. The van der Waals surface area contributed by atoms with Gasteiger partial charge in [-0.1, -0.05) is 26.2 Å². The second kappa shape index (κ2) is 6.61. The zero-order chi connectivity index (χ0) is 11.2. The van der Waals surface area contributed by atoms with Crippen molar-refractivity contribution in [1.29, 1.82) is 0 Å². The van der Waals surface area contributed by atoms with Crippen molar-refractivity contribution < 1.29 is 0 Å². The highest BCUT2D eigenvalue weighted by atomic mass is 15.2. The van der Waals surface area contributed by atoms with Crippen LogP contribution >= 0.6 is 0 Å². The van der Waals surface area contributed by atoms with Crippen LogP contribution in [-0.4, -0.2) is 37.1 Å². The number of hydrogen-bond donors (Lipinski definition) is 1. The Balaban J connectivity index is 1.76. The summed E-state index contributed by atoms with van der Waals surface area (Å²) >= 11 is 0. The first kappa shape index (κ1) is 12.4. The average Bonchev–Trinajstić information content (AvgIpc) is 2.20. The van der Waals surface area contributed by atoms with Crippen molar-refractivity contribution in [3.05, 3.63) is 0 Å². The molecule has 2 atom stereocenters. The molecule has 1 aliphatic heterocycles. The maximum absolute atomic E-state index is 3.52. The van der Waals surface area contributed by atoms with Gasteiger partial charge in [0.25, 0.3) is 0 Å². The van der Waals surface area contributed by atoms with Gasteiger partial charge in [0.2, 0.25) is 0 Å². The Bertz CT molecular complexity index is 185. The van der Waals surface area contributed by atoms with Gasteiger partial charge in [-0.2, -0.15) is 0 Å². The minimum Gasteiger partial charge on any atom is -0.317 e. The first-order valence-electron chi connectivity index (χ1n) is 7.36. The van der Waals surface area contributed by atoms with E-state index in [1.165, 1.54) is 64.6 Å². The van der Waals surface area contributed by atoms with Gasteiger partial charge in [-0.05, 0) is 57.8 Å². The van der Waals surface area contributed by atoms with Crippen molar-refractivity contribution in [2.75, 3.05) is 26.2 Å². The van der Waals surface area contributed by atoms with Gasteiger partial charge in [-0.15, -0.1) is 0 Å². The lowest BCUT2D eigenvalue weighted by atomic mass is 9.78. The van der Waals surface area contributed by atoms with Gasteiger partial charge in [0.05, 0.1) is 0 Å². The maximum atomic E-state index is 3.52. The molecule has 94 valence electrons. The van der Waals surface area contributed by atoms with Crippen LogP contribution in [0.5, 0.6) is 0 Å². The molecule has 1 heterocycles. The lowest BCUT2D eigenvalue weighted by molar-refractivity contribution is 0.0555. The van der Waals surface area contributed by atoms with Gasteiger partial charge in [-0.25, -0.2) is 0 Å². The van der Waals surface area contributed by atoms with Gasteiger partial charge < -0.3 is 10.2 Å². The van der Waals surface area contributed by atoms with Crippen LogP contribution in [0, 0.1) is 5.92 Å². The monoisotopic (exact) mass is 224 g/mol. The molecule has 0 radical (unpaired) electrons. The van der Waals surface area contributed by atoms with E-state index in [1.807, 2.05) is 0 Å². The quantitative estimate of drug-likeness (QED) is 0.790. The summed E-state index contributed by atoms with van der Waals surface area (Å²) < 4.78 is 0. The van der Waals surface area contributed by atoms with E-state index < -0.39 is 0 Å². The van der Waals surface area contributed by atoms with E-state index in [2.05, 4.69) is 17.1 Å². The minimum absolute atomic E-state index is 0.914. The van der Waals surface area contributed by atoms with Gasteiger partial charge in [0, 0.05) is 6.04 Å². The van der Waals surface area contributed by atoms with Crippen LogP contribution in [0.15, 0.2) is 0 Å². The maximum Gasteiger partial charge on any atom is 0.0136 e. The molecule has 2 fully saturated rings. The molecule has 1 saturated heterocycles. The summed E-state index contributed by atoms with van der Waals surface area (Å²) in [6.45, 7) is 7.32. The summed E-state index contributed by atoms with van der Waals surface area (Å²) in [7, 11) is 0. The molecule has 1 aliphatic carbocycles. The molecule has 16 heavy (non-hydrogen) atoms. The number of nitrogens with one attached hydrogen (secondary N) is 1. The molecule has 0 aromatic carbocycles. The van der Waals surface area contributed by atoms with Gasteiger partial charge in [0.15, 0.2) is 0 Å². The molecule has 2 rings (SSSR count). The Hall–Kier alpha value is -0.0800. The third-order valence-corrected chi connectivity index (χ3v) is 4.39. The molecule has 1 N–H and O–H groups in total. The van der Waals surface area contributed by atoms with Crippen molar-refractivity contribution in [1.82, 2.24) is 10.2 Å². The van der Waals surface area contributed by atoms with Gasteiger partial charge >= 0.3 is 0 Å². The topological polar surface area (TPSA) is 15.3 Å². The average molecular weight is 224 g/mol. The highest BCUT2D eigenvalue weighted by molar-refractivity contribution is 4.90. The molecule has 2 nitrogen and oxygen atoms in total. The van der Waals surface area contributed by atoms with Crippen LogP contribution in [0.25, 0.3) is 0 Å². The summed E-state index contributed by atoms with van der Waals surface area (Å²) in [6, 6.07) is 0.914. The summed E-state index contributed by atoms with van der Waals surface area (Å²) in [4.78, 5) is 2.80. The summed E-state index contributed by atoms with van der Waals surface area (Å²) in [5.74, 6) is 0.944. The Labute approximate surface area is 101 Å². The van der Waals surface area contributed by atoms with E-state index in [0.29, 0.717) is 0 Å². The highest BCUT2D eigenvalue weighted by Crippen LogP contribution is 2.32. The molecule has 2 unspecified atom stereocenters. The second-order valence-electron chi connectivity index (χ2n) is 5.52. The van der Waals surface area contributed by atoms with Crippen LogP contribution in [0.3, 0.4) is 0 Å². The normalized spacial score (nSPS) is 32.8. The van der Waals surface area contributed by atoms with E-state index in [9.17, 15) is 0 Å². The molecule has 0 spiro atoms. The van der Waals surface area contributed by atoms with Crippen molar-refractivity contribution in [3.8, 4) is 0 Å². The van der Waals surface area contributed by atoms with Crippen LogP contribution in [-0.2, 0) is 0 Å². The Morgan fingerprint density at radius 3 is 2.25 bits per heavy atom. The lowest BCUT2D eigenvalue weighted by Crippen LogP contribution is -2.51. The van der Waals surface area contributed by atoms with E-state index in [1.54, 1.807) is 0 Å². The minimum atomic E-state index is 0.914. The number of nitrogens with zero attached hydrogens (tertiary/aromatic N) is 1. The first-order valence-corrected chi connectivity index (χ1v) is 7.36. The Morgan fingerprint density at radius 1 is 1.00 bits per heavy atom. The number of hydrogen-bond acceptors (Lipinski definition) is 2. The fourth-order valence-electron chi connectivity index (χ4n) is 3.20. The Kier molecular flexibility index (Phi) is 5.11. The summed E-state index contributed by atoms with van der Waals surface area (Å²) in [6.07, 6.45) is 10.2. The van der Waals surface area contributed by atoms with E-state index in [0.717, 1.165) is 18.5 Å². The number of rotatable bonds is 4. The molecular formula is C14H28N2. The Morgan fingerprint density at radius 2 is 1.69 bits per heavy atom. The fraction of sp³-hybridized carbons (Fsp3) is 1.00. The molecule has 2 aliphatic rings. The van der Waals surface area contributed by atoms with E-state index >= 15 is 0 Å². The van der Waals surface area contributed by atoms with Crippen LogP contribution in [0.1, 0.15) is 51.9 Å². The lowest BCUT2D eigenvalue weighted by Gasteiger charge is -2.45. The predicted octanol–water partition coefficient (Wildman–Crippen LogP) is 2.64. The van der Waals surface area contributed by atoms with Crippen LogP contribution in [0.2, 0.25) is 0 Å². The zero-order valence-corrected chi connectivity index (χ0v) is 10.9. The summed E-state index contributed by atoms with van der Waals surface area (Å²) in [5.41, 5.74) is 0. The summed E-state index contributed by atoms with van der Waals surface area (Å²) in [5, 5.41) is 3.52.